The molecule has 142 valence electrons. The average molecular weight is 434 g/mol. The molecule has 6 nitrogen and oxygen atoms in total. The van der Waals surface area contributed by atoms with E-state index in [1.165, 1.54) is 19.2 Å². The fourth-order valence-electron chi connectivity index (χ4n) is 3.40. The zero-order chi connectivity index (χ0) is 19.6. The van der Waals surface area contributed by atoms with Crippen LogP contribution in [0.5, 0.6) is 11.5 Å². The summed E-state index contributed by atoms with van der Waals surface area (Å²) in [6.07, 6.45) is 2.61. The van der Waals surface area contributed by atoms with E-state index in [1.807, 2.05) is 6.07 Å². The number of nitrogens with zero attached hydrogens (tertiary/aromatic N) is 1. The molecule has 0 saturated heterocycles. The molecule has 0 aliphatic carbocycles. The Hall–Kier alpha value is -2.41. The fraction of sp³-hybridized carbons (Fsp3) is 0.350. The molecule has 0 amide bonds. The highest BCUT2D eigenvalue weighted by Gasteiger charge is 2.47. The molecule has 27 heavy (non-hydrogen) atoms. The number of methoxy groups -OCH3 is 1. The molecule has 0 bridgehead atoms. The summed E-state index contributed by atoms with van der Waals surface area (Å²) in [6, 6.07) is 9.85. The van der Waals surface area contributed by atoms with Crippen molar-refractivity contribution in [2.75, 3.05) is 7.11 Å². The van der Waals surface area contributed by atoms with Crippen molar-refractivity contribution in [3.8, 4) is 11.5 Å². The molecular weight excluding hydrogens is 414 g/mol. The molecule has 1 atom stereocenters. The number of hydrogen-bond donors (Lipinski definition) is 0. The molecule has 1 aliphatic heterocycles. The summed E-state index contributed by atoms with van der Waals surface area (Å²) in [7, 11) is 1.46. The molecule has 0 N–H and O–H groups in total. The van der Waals surface area contributed by atoms with Crippen LogP contribution in [0.15, 0.2) is 40.9 Å². The predicted molar refractivity (Wildman–Crippen MR) is 105 cm³/mol. The van der Waals surface area contributed by atoms with Crippen LogP contribution in [-0.4, -0.2) is 23.4 Å². The summed E-state index contributed by atoms with van der Waals surface area (Å²) < 4.78 is 12.4. The fourth-order valence-corrected chi connectivity index (χ4v) is 3.76. The Labute approximate surface area is 165 Å². The molecule has 1 unspecified atom stereocenters. The normalized spacial score (nSPS) is 18.1. The highest BCUT2D eigenvalue weighted by Crippen LogP contribution is 2.42. The Balaban J connectivity index is 2.00. The van der Waals surface area contributed by atoms with Crippen molar-refractivity contribution in [3.63, 3.8) is 0 Å². The quantitative estimate of drug-likeness (QED) is 0.447. The number of Topliss-reactive ketones (excluding diaryl/α,β-unsaturated/α-hetero) is 1. The lowest BCUT2D eigenvalue weighted by atomic mass is 9.84. The summed E-state index contributed by atoms with van der Waals surface area (Å²) in [6.45, 7) is 2.06. The Bertz CT molecular complexity index is 898. The van der Waals surface area contributed by atoms with Crippen molar-refractivity contribution in [2.24, 2.45) is 0 Å². The van der Waals surface area contributed by atoms with Gasteiger partial charge in [-0.3, -0.25) is 14.9 Å². The van der Waals surface area contributed by atoms with Gasteiger partial charge in [0.25, 0.3) is 5.69 Å². The first kappa shape index (κ1) is 19.4. The third-order valence-electron chi connectivity index (χ3n) is 4.80. The van der Waals surface area contributed by atoms with E-state index in [0.717, 1.165) is 17.3 Å². The molecule has 2 aromatic carbocycles. The number of unbranched alkanes of at least 4 members (excludes halogenated alkanes) is 1. The maximum absolute atomic E-state index is 13.3. The molecule has 0 radical (unpaired) electrons. The van der Waals surface area contributed by atoms with Crippen LogP contribution in [-0.2, 0) is 6.42 Å². The van der Waals surface area contributed by atoms with Crippen LogP contribution < -0.4 is 9.47 Å². The third-order valence-corrected chi connectivity index (χ3v) is 5.29. The number of fused-ring (bicyclic) bond motifs is 1. The van der Waals surface area contributed by atoms with Gasteiger partial charge in [-0.05, 0) is 42.7 Å². The van der Waals surface area contributed by atoms with Crippen LogP contribution in [0.25, 0.3) is 0 Å². The topological polar surface area (TPSA) is 78.7 Å². The molecule has 0 saturated carbocycles. The van der Waals surface area contributed by atoms with E-state index >= 15 is 0 Å². The van der Waals surface area contributed by atoms with Crippen molar-refractivity contribution in [1.82, 2.24) is 0 Å². The number of ether oxygens (including phenoxy) is 2. The Morgan fingerprint density at radius 3 is 2.70 bits per heavy atom. The molecule has 0 spiro atoms. The van der Waals surface area contributed by atoms with E-state index in [0.29, 0.717) is 35.5 Å². The van der Waals surface area contributed by atoms with Crippen molar-refractivity contribution in [3.05, 3.63) is 62.1 Å². The van der Waals surface area contributed by atoms with Gasteiger partial charge in [0.15, 0.2) is 5.60 Å². The number of rotatable bonds is 7. The summed E-state index contributed by atoms with van der Waals surface area (Å²) >= 11 is 3.40. The number of carbonyl (C=O) groups is 1. The average Bonchev–Trinajstić information content (AvgIpc) is 2.92. The lowest BCUT2D eigenvalue weighted by Gasteiger charge is -2.28. The van der Waals surface area contributed by atoms with Gasteiger partial charge in [0, 0.05) is 17.0 Å². The van der Waals surface area contributed by atoms with Crippen LogP contribution in [0.3, 0.4) is 0 Å². The first-order valence-electron chi connectivity index (χ1n) is 8.75. The molecule has 2 aromatic rings. The molecule has 1 heterocycles. The summed E-state index contributed by atoms with van der Waals surface area (Å²) in [4.78, 5) is 23.8. The van der Waals surface area contributed by atoms with E-state index in [9.17, 15) is 14.9 Å². The number of halogens is 1. The maximum Gasteiger partial charge on any atom is 0.273 e. The minimum atomic E-state index is -1.03. The van der Waals surface area contributed by atoms with E-state index in [2.05, 4.69) is 22.9 Å². The van der Waals surface area contributed by atoms with E-state index in [-0.39, 0.29) is 11.5 Å². The summed E-state index contributed by atoms with van der Waals surface area (Å²) in [5, 5.41) is 11.0. The third kappa shape index (κ3) is 3.69. The minimum Gasteiger partial charge on any atom is -0.496 e. The first-order valence-corrected chi connectivity index (χ1v) is 9.54. The smallest absolute Gasteiger partial charge is 0.273 e. The van der Waals surface area contributed by atoms with Gasteiger partial charge < -0.3 is 9.47 Å². The summed E-state index contributed by atoms with van der Waals surface area (Å²) in [5.74, 6) is 0.890. The highest BCUT2D eigenvalue weighted by molar-refractivity contribution is 9.10. The largest absolute Gasteiger partial charge is 0.496 e. The van der Waals surface area contributed by atoms with Gasteiger partial charge in [-0.2, -0.15) is 0 Å². The second-order valence-corrected chi connectivity index (χ2v) is 7.52. The zero-order valence-corrected chi connectivity index (χ0v) is 16.7. The summed E-state index contributed by atoms with van der Waals surface area (Å²) in [5.41, 5.74) is 0.188. The van der Waals surface area contributed by atoms with Crippen molar-refractivity contribution in [1.29, 1.82) is 0 Å². The van der Waals surface area contributed by atoms with Gasteiger partial charge >= 0.3 is 0 Å². The van der Waals surface area contributed by atoms with E-state index in [1.54, 1.807) is 18.2 Å². The van der Waals surface area contributed by atoms with Crippen molar-refractivity contribution < 1.29 is 19.2 Å². The standard InChI is InChI=1S/C20H20BrNO5/c1-3-4-9-20(19(23)16-10-14(21)6-8-17(16)27-20)12-13-5-7-15(22(24)25)11-18(13)26-2/h5-8,10-11H,3-4,9,12H2,1-2H3. The Morgan fingerprint density at radius 2 is 2.04 bits per heavy atom. The SMILES string of the molecule is CCCCC1(Cc2ccc([N+](=O)[O-])cc2OC)Oc2ccc(Br)cc2C1=O. The van der Waals surface area contributed by atoms with Gasteiger partial charge in [-0.15, -0.1) is 0 Å². The maximum atomic E-state index is 13.3. The Morgan fingerprint density at radius 1 is 1.26 bits per heavy atom. The zero-order valence-electron chi connectivity index (χ0n) is 15.2. The molecule has 3 rings (SSSR count). The number of carbonyl (C=O) groups excluding carboxylic acids is 1. The van der Waals surface area contributed by atoms with Crippen LogP contribution in [0, 0.1) is 10.1 Å². The van der Waals surface area contributed by atoms with E-state index in [4.69, 9.17) is 9.47 Å². The van der Waals surface area contributed by atoms with E-state index < -0.39 is 10.5 Å². The molecule has 1 aliphatic rings. The first-order chi connectivity index (χ1) is 12.9. The molecular formula is C20H20BrNO5. The minimum absolute atomic E-state index is 0.0518. The highest BCUT2D eigenvalue weighted by atomic mass is 79.9. The lowest BCUT2D eigenvalue weighted by molar-refractivity contribution is -0.384. The van der Waals surface area contributed by atoms with Crippen molar-refractivity contribution >= 4 is 27.4 Å². The number of benzene rings is 2. The molecule has 0 fully saturated rings. The predicted octanol–water partition coefficient (Wildman–Crippen LogP) is 5.11. The van der Waals surface area contributed by atoms with Crippen LogP contribution in [0.1, 0.15) is 42.1 Å². The number of ketones is 1. The number of nitro benzene ring substituents is 1. The number of nitro groups is 1. The lowest BCUT2D eigenvalue weighted by Crippen LogP contribution is -2.42. The second-order valence-electron chi connectivity index (χ2n) is 6.60. The van der Waals surface area contributed by atoms with Gasteiger partial charge in [-0.1, -0.05) is 29.3 Å². The number of hydrogen-bond acceptors (Lipinski definition) is 5. The second kappa shape index (κ2) is 7.68. The number of non-ortho nitro benzene ring substituents is 1. The van der Waals surface area contributed by atoms with Crippen molar-refractivity contribution in [2.45, 2.75) is 38.2 Å². The van der Waals surface area contributed by atoms with Gasteiger partial charge in [0.1, 0.15) is 11.5 Å². The van der Waals surface area contributed by atoms with Gasteiger partial charge in [-0.25, -0.2) is 0 Å². The Kier molecular flexibility index (Phi) is 5.51. The monoisotopic (exact) mass is 433 g/mol. The van der Waals surface area contributed by atoms with Gasteiger partial charge in [0.05, 0.1) is 23.7 Å². The van der Waals surface area contributed by atoms with Crippen LogP contribution in [0.4, 0.5) is 5.69 Å². The van der Waals surface area contributed by atoms with Gasteiger partial charge in [0.2, 0.25) is 5.78 Å². The van der Waals surface area contributed by atoms with Crippen LogP contribution in [0.2, 0.25) is 0 Å². The molecule has 0 aromatic heterocycles. The van der Waals surface area contributed by atoms with Crippen LogP contribution >= 0.6 is 15.9 Å². The molecule has 7 heteroatoms.